The van der Waals surface area contributed by atoms with Crippen LogP contribution in [0.5, 0.6) is 5.75 Å². The first-order valence-electron chi connectivity index (χ1n) is 5.24. The van der Waals surface area contributed by atoms with Crippen molar-refractivity contribution in [1.82, 2.24) is 20.6 Å². The van der Waals surface area contributed by atoms with Crippen LogP contribution >= 0.6 is 0 Å². The molecule has 2 aromatic rings. The van der Waals surface area contributed by atoms with Crippen LogP contribution in [0.2, 0.25) is 0 Å². The number of ether oxygens (including phenoxy) is 1. The first-order valence-corrected chi connectivity index (χ1v) is 5.24. The molecule has 16 heavy (non-hydrogen) atoms. The molecule has 1 N–H and O–H groups in total. The van der Waals surface area contributed by atoms with Crippen LogP contribution in [0, 0.1) is 0 Å². The molecule has 0 spiro atoms. The van der Waals surface area contributed by atoms with Crippen molar-refractivity contribution in [3.63, 3.8) is 0 Å². The molecular formula is C11H14N4O. The predicted molar refractivity (Wildman–Crippen MR) is 59.2 cm³/mol. The van der Waals surface area contributed by atoms with E-state index < -0.39 is 0 Å². The SMILES string of the molecule is COc1ccccc1CCCc1nn[nH]n1. The largest absolute Gasteiger partial charge is 0.496 e. The zero-order chi connectivity index (χ0) is 11.2. The highest BCUT2D eigenvalue weighted by Crippen LogP contribution is 2.19. The molecule has 0 amide bonds. The Labute approximate surface area is 93.8 Å². The third kappa shape index (κ3) is 2.56. The topological polar surface area (TPSA) is 63.7 Å². The van der Waals surface area contributed by atoms with E-state index in [2.05, 4.69) is 26.7 Å². The number of hydrogen-bond donors (Lipinski definition) is 1. The van der Waals surface area contributed by atoms with E-state index >= 15 is 0 Å². The average molecular weight is 218 g/mol. The standard InChI is InChI=1S/C11H14N4O/c1-16-10-7-3-2-5-9(10)6-4-8-11-12-14-15-13-11/h2-3,5,7H,4,6,8H2,1H3,(H,12,13,14,15). The fourth-order valence-electron chi connectivity index (χ4n) is 1.63. The first-order chi connectivity index (χ1) is 7.90. The molecule has 0 bridgehead atoms. The van der Waals surface area contributed by atoms with E-state index in [1.54, 1.807) is 7.11 Å². The number of aromatic amines is 1. The Morgan fingerprint density at radius 1 is 1.25 bits per heavy atom. The van der Waals surface area contributed by atoms with E-state index in [1.165, 1.54) is 5.56 Å². The Bertz CT molecular complexity index is 427. The molecule has 5 nitrogen and oxygen atoms in total. The van der Waals surface area contributed by atoms with Gasteiger partial charge in [-0.15, -0.1) is 10.2 Å². The lowest BCUT2D eigenvalue weighted by Gasteiger charge is -2.06. The van der Waals surface area contributed by atoms with Crippen molar-refractivity contribution in [2.24, 2.45) is 0 Å². The van der Waals surface area contributed by atoms with Gasteiger partial charge in [0.05, 0.1) is 7.11 Å². The molecule has 0 atom stereocenters. The van der Waals surface area contributed by atoms with Crippen molar-refractivity contribution < 1.29 is 4.74 Å². The van der Waals surface area contributed by atoms with Gasteiger partial charge in [0.25, 0.3) is 0 Å². The number of benzene rings is 1. The number of aryl methyl sites for hydroxylation is 2. The number of rotatable bonds is 5. The number of H-pyrrole nitrogens is 1. The Morgan fingerprint density at radius 2 is 2.12 bits per heavy atom. The predicted octanol–water partition coefficient (Wildman–Crippen LogP) is 1.38. The second-order valence-corrected chi connectivity index (χ2v) is 3.49. The molecule has 1 aromatic heterocycles. The number of nitrogens with one attached hydrogen (secondary N) is 1. The summed E-state index contributed by atoms with van der Waals surface area (Å²) in [7, 11) is 1.69. The number of aromatic nitrogens is 4. The van der Waals surface area contributed by atoms with E-state index in [4.69, 9.17) is 4.74 Å². The van der Waals surface area contributed by atoms with Crippen LogP contribution < -0.4 is 4.74 Å². The molecule has 0 saturated carbocycles. The maximum absolute atomic E-state index is 5.28. The second-order valence-electron chi connectivity index (χ2n) is 3.49. The molecule has 0 aliphatic rings. The minimum Gasteiger partial charge on any atom is -0.496 e. The van der Waals surface area contributed by atoms with Gasteiger partial charge in [0.15, 0.2) is 5.82 Å². The molecule has 5 heteroatoms. The minimum absolute atomic E-state index is 0.759. The molecule has 1 heterocycles. The maximum Gasteiger partial charge on any atom is 0.174 e. The number of methoxy groups -OCH3 is 1. The molecule has 0 radical (unpaired) electrons. The van der Waals surface area contributed by atoms with Crippen molar-refractivity contribution in [2.75, 3.05) is 7.11 Å². The summed E-state index contributed by atoms with van der Waals surface area (Å²) >= 11 is 0. The van der Waals surface area contributed by atoms with Gasteiger partial charge >= 0.3 is 0 Å². The molecule has 0 fully saturated rings. The van der Waals surface area contributed by atoms with Gasteiger partial charge in [-0.3, -0.25) is 0 Å². The monoisotopic (exact) mass is 218 g/mol. The van der Waals surface area contributed by atoms with Crippen LogP contribution in [0.3, 0.4) is 0 Å². The van der Waals surface area contributed by atoms with E-state index in [0.717, 1.165) is 30.8 Å². The summed E-state index contributed by atoms with van der Waals surface area (Å²) in [6.45, 7) is 0. The second kappa shape index (κ2) is 5.25. The zero-order valence-corrected chi connectivity index (χ0v) is 9.18. The van der Waals surface area contributed by atoms with Gasteiger partial charge in [0.1, 0.15) is 5.75 Å². The number of hydrogen-bond acceptors (Lipinski definition) is 4. The first kappa shape index (κ1) is 10.6. The lowest BCUT2D eigenvalue weighted by molar-refractivity contribution is 0.409. The van der Waals surface area contributed by atoms with Gasteiger partial charge in [0, 0.05) is 6.42 Å². The van der Waals surface area contributed by atoms with Crippen LogP contribution in [-0.4, -0.2) is 27.7 Å². The van der Waals surface area contributed by atoms with Crippen LogP contribution in [0.4, 0.5) is 0 Å². The van der Waals surface area contributed by atoms with Gasteiger partial charge in [-0.25, -0.2) is 0 Å². The van der Waals surface area contributed by atoms with E-state index in [1.807, 2.05) is 18.2 Å². The number of tetrazole rings is 1. The summed E-state index contributed by atoms with van der Waals surface area (Å²) in [5.74, 6) is 1.70. The lowest BCUT2D eigenvalue weighted by atomic mass is 10.1. The molecule has 0 unspecified atom stereocenters. The molecule has 84 valence electrons. The van der Waals surface area contributed by atoms with Crippen LogP contribution in [0.25, 0.3) is 0 Å². The van der Waals surface area contributed by atoms with Gasteiger partial charge in [-0.2, -0.15) is 5.21 Å². The third-order valence-electron chi connectivity index (χ3n) is 2.43. The normalized spacial score (nSPS) is 10.3. The minimum atomic E-state index is 0.759. The molecule has 1 aromatic carbocycles. The third-order valence-corrected chi connectivity index (χ3v) is 2.43. The summed E-state index contributed by atoms with van der Waals surface area (Å²) in [6, 6.07) is 8.05. The van der Waals surface area contributed by atoms with Gasteiger partial charge < -0.3 is 4.74 Å². The van der Waals surface area contributed by atoms with E-state index in [0.29, 0.717) is 0 Å². The summed E-state index contributed by atoms with van der Waals surface area (Å²) < 4.78 is 5.28. The Balaban J connectivity index is 1.89. The van der Waals surface area contributed by atoms with Gasteiger partial charge in [0.2, 0.25) is 0 Å². The Hall–Kier alpha value is -1.91. The summed E-state index contributed by atoms with van der Waals surface area (Å²) in [5.41, 5.74) is 1.22. The zero-order valence-electron chi connectivity index (χ0n) is 9.18. The number of nitrogens with zero attached hydrogens (tertiary/aromatic N) is 3. The maximum atomic E-state index is 5.28. The quantitative estimate of drug-likeness (QED) is 0.823. The molecule has 0 saturated heterocycles. The molecular weight excluding hydrogens is 204 g/mol. The highest BCUT2D eigenvalue weighted by atomic mass is 16.5. The number of para-hydroxylation sites is 1. The van der Waals surface area contributed by atoms with Crippen molar-refractivity contribution in [2.45, 2.75) is 19.3 Å². The fraction of sp³-hybridized carbons (Fsp3) is 0.364. The van der Waals surface area contributed by atoms with Crippen LogP contribution in [0.15, 0.2) is 24.3 Å². The van der Waals surface area contributed by atoms with Crippen molar-refractivity contribution in [3.8, 4) is 5.75 Å². The van der Waals surface area contributed by atoms with Crippen molar-refractivity contribution in [3.05, 3.63) is 35.7 Å². The molecule has 0 aliphatic heterocycles. The summed E-state index contributed by atoms with van der Waals surface area (Å²) in [5, 5.41) is 13.8. The van der Waals surface area contributed by atoms with Crippen LogP contribution in [-0.2, 0) is 12.8 Å². The van der Waals surface area contributed by atoms with Gasteiger partial charge in [-0.1, -0.05) is 23.4 Å². The highest BCUT2D eigenvalue weighted by molar-refractivity contribution is 5.33. The van der Waals surface area contributed by atoms with E-state index in [9.17, 15) is 0 Å². The van der Waals surface area contributed by atoms with Gasteiger partial charge in [-0.05, 0) is 24.5 Å². The smallest absolute Gasteiger partial charge is 0.174 e. The fourth-order valence-corrected chi connectivity index (χ4v) is 1.63. The average Bonchev–Trinajstić information content (AvgIpc) is 2.83. The summed E-state index contributed by atoms with van der Waals surface area (Å²) in [6.07, 6.45) is 2.77. The van der Waals surface area contributed by atoms with Crippen molar-refractivity contribution in [1.29, 1.82) is 0 Å². The van der Waals surface area contributed by atoms with E-state index in [-0.39, 0.29) is 0 Å². The molecule has 0 aliphatic carbocycles. The van der Waals surface area contributed by atoms with Crippen LogP contribution in [0.1, 0.15) is 17.8 Å². The Morgan fingerprint density at radius 3 is 2.88 bits per heavy atom. The van der Waals surface area contributed by atoms with Crippen molar-refractivity contribution >= 4 is 0 Å². The summed E-state index contributed by atoms with van der Waals surface area (Å²) in [4.78, 5) is 0. The molecule has 2 rings (SSSR count). The highest BCUT2D eigenvalue weighted by Gasteiger charge is 2.03. The Kier molecular flexibility index (Phi) is 3.48. The lowest BCUT2D eigenvalue weighted by Crippen LogP contribution is -1.95.